The molecule has 156 valence electrons. The summed E-state index contributed by atoms with van der Waals surface area (Å²) < 4.78 is 12.8. The van der Waals surface area contributed by atoms with Crippen LogP contribution in [0.3, 0.4) is 0 Å². The third-order valence-electron chi connectivity index (χ3n) is 4.18. The summed E-state index contributed by atoms with van der Waals surface area (Å²) in [6.07, 6.45) is 0. The molecule has 0 saturated heterocycles. The molecule has 2 aromatic rings. The standard InChI is InChI=1S/C20H31N5O2.HI/c1-5-21-20(22-11-13-27-18-9-7-6-8-10-18)23-15-19-16(2)24-25(17(19)3)12-14-26-4;/h6-10H,5,11-15H2,1-4H3,(H2,21,22,23);1H. The molecule has 0 aliphatic heterocycles. The molecule has 7 nitrogen and oxygen atoms in total. The molecule has 0 amide bonds. The zero-order chi connectivity index (χ0) is 19.5. The van der Waals surface area contributed by atoms with Crippen molar-refractivity contribution in [2.24, 2.45) is 4.99 Å². The fourth-order valence-corrected chi connectivity index (χ4v) is 2.71. The van der Waals surface area contributed by atoms with Gasteiger partial charge in [-0.1, -0.05) is 18.2 Å². The van der Waals surface area contributed by atoms with Gasteiger partial charge in [0.1, 0.15) is 12.4 Å². The highest BCUT2D eigenvalue weighted by Gasteiger charge is 2.11. The summed E-state index contributed by atoms with van der Waals surface area (Å²) in [5.74, 6) is 1.65. The van der Waals surface area contributed by atoms with E-state index in [-0.39, 0.29) is 24.0 Å². The summed E-state index contributed by atoms with van der Waals surface area (Å²) >= 11 is 0. The van der Waals surface area contributed by atoms with E-state index in [2.05, 4.69) is 29.6 Å². The van der Waals surface area contributed by atoms with Gasteiger partial charge in [-0.2, -0.15) is 5.10 Å². The average molecular weight is 501 g/mol. The third-order valence-corrected chi connectivity index (χ3v) is 4.18. The highest BCUT2D eigenvalue weighted by molar-refractivity contribution is 14.0. The molecule has 0 saturated carbocycles. The van der Waals surface area contributed by atoms with Crippen molar-refractivity contribution in [3.05, 3.63) is 47.3 Å². The maximum Gasteiger partial charge on any atom is 0.191 e. The molecule has 0 spiro atoms. The van der Waals surface area contributed by atoms with Crippen LogP contribution in [-0.2, 0) is 17.8 Å². The van der Waals surface area contributed by atoms with Gasteiger partial charge in [0.05, 0.1) is 31.9 Å². The van der Waals surface area contributed by atoms with Crippen LogP contribution in [0.15, 0.2) is 35.3 Å². The van der Waals surface area contributed by atoms with Crippen LogP contribution in [0.4, 0.5) is 0 Å². The van der Waals surface area contributed by atoms with Gasteiger partial charge in [-0.15, -0.1) is 24.0 Å². The van der Waals surface area contributed by atoms with Crippen molar-refractivity contribution in [3.63, 3.8) is 0 Å². The number of benzene rings is 1. The van der Waals surface area contributed by atoms with Gasteiger partial charge in [0.15, 0.2) is 5.96 Å². The molecular weight excluding hydrogens is 469 g/mol. The smallest absolute Gasteiger partial charge is 0.191 e. The number of methoxy groups -OCH3 is 1. The first kappa shape index (κ1) is 24.2. The second kappa shape index (κ2) is 13.4. The Bertz CT molecular complexity index is 719. The van der Waals surface area contributed by atoms with Gasteiger partial charge in [0.2, 0.25) is 0 Å². The predicted molar refractivity (Wildman–Crippen MR) is 124 cm³/mol. The number of para-hydroxylation sites is 1. The van der Waals surface area contributed by atoms with E-state index in [1.807, 2.05) is 41.9 Å². The Kier molecular flexibility index (Phi) is 11.6. The normalized spacial score (nSPS) is 11.1. The zero-order valence-electron chi connectivity index (χ0n) is 17.2. The highest BCUT2D eigenvalue weighted by Crippen LogP contribution is 2.14. The zero-order valence-corrected chi connectivity index (χ0v) is 19.5. The van der Waals surface area contributed by atoms with E-state index in [9.17, 15) is 0 Å². The van der Waals surface area contributed by atoms with Gasteiger partial charge in [-0.25, -0.2) is 4.99 Å². The van der Waals surface area contributed by atoms with Crippen LogP contribution in [0.1, 0.15) is 23.9 Å². The number of guanidine groups is 1. The number of hydrogen-bond donors (Lipinski definition) is 2. The topological polar surface area (TPSA) is 72.7 Å². The molecule has 0 fully saturated rings. The Morgan fingerprint density at radius 2 is 1.89 bits per heavy atom. The monoisotopic (exact) mass is 501 g/mol. The van der Waals surface area contributed by atoms with Gasteiger partial charge in [0, 0.05) is 24.9 Å². The van der Waals surface area contributed by atoms with E-state index in [0.717, 1.165) is 41.7 Å². The van der Waals surface area contributed by atoms with Crippen LogP contribution in [-0.4, -0.2) is 49.2 Å². The van der Waals surface area contributed by atoms with Gasteiger partial charge in [-0.3, -0.25) is 4.68 Å². The van der Waals surface area contributed by atoms with E-state index in [1.165, 1.54) is 0 Å². The second-order valence-corrected chi connectivity index (χ2v) is 6.15. The van der Waals surface area contributed by atoms with Crippen molar-refractivity contribution < 1.29 is 9.47 Å². The van der Waals surface area contributed by atoms with E-state index in [4.69, 9.17) is 14.5 Å². The average Bonchev–Trinajstić information content (AvgIpc) is 2.95. The van der Waals surface area contributed by atoms with Crippen LogP contribution < -0.4 is 15.4 Å². The molecule has 1 aromatic heterocycles. The first-order valence-electron chi connectivity index (χ1n) is 9.37. The molecule has 0 radical (unpaired) electrons. The van der Waals surface area contributed by atoms with E-state index in [0.29, 0.717) is 26.3 Å². The number of aliphatic imine (C=N–C) groups is 1. The lowest BCUT2D eigenvalue weighted by molar-refractivity contribution is 0.182. The molecule has 0 unspecified atom stereocenters. The molecule has 1 heterocycles. The molecule has 8 heteroatoms. The number of nitrogens with zero attached hydrogens (tertiary/aromatic N) is 3. The van der Waals surface area contributed by atoms with E-state index < -0.39 is 0 Å². The highest BCUT2D eigenvalue weighted by atomic mass is 127. The number of ether oxygens (including phenoxy) is 2. The fraction of sp³-hybridized carbons (Fsp3) is 0.500. The molecule has 2 rings (SSSR count). The summed E-state index contributed by atoms with van der Waals surface area (Å²) in [7, 11) is 1.70. The van der Waals surface area contributed by atoms with Crippen LogP contribution in [0, 0.1) is 13.8 Å². The van der Waals surface area contributed by atoms with E-state index >= 15 is 0 Å². The molecule has 0 aliphatic carbocycles. The molecule has 2 N–H and O–H groups in total. The maximum atomic E-state index is 5.71. The molecule has 0 aliphatic rings. The van der Waals surface area contributed by atoms with Crippen molar-refractivity contribution in [1.29, 1.82) is 0 Å². The van der Waals surface area contributed by atoms with Crippen LogP contribution in [0.2, 0.25) is 0 Å². The first-order chi connectivity index (χ1) is 13.2. The van der Waals surface area contributed by atoms with Crippen LogP contribution >= 0.6 is 24.0 Å². The maximum absolute atomic E-state index is 5.71. The van der Waals surface area contributed by atoms with Crippen molar-refractivity contribution in [1.82, 2.24) is 20.4 Å². The largest absolute Gasteiger partial charge is 0.492 e. The number of aromatic nitrogens is 2. The predicted octanol–water partition coefficient (Wildman–Crippen LogP) is 2.90. The Balaban J connectivity index is 0.00000392. The van der Waals surface area contributed by atoms with Crippen LogP contribution in [0.5, 0.6) is 5.75 Å². The van der Waals surface area contributed by atoms with E-state index in [1.54, 1.807) is 7.11 Å². The lowest BCUT2D eigenvalue weighted by atomic mass is 10.2. The summed E-state index contributed by atoms with van der Waals surface area (Å²) in [6.45, 7) is 10.2. The minimum atomic E-state index is 0. The molecule has 0 bridgehead atoms. The summed E-state index contributed by atoms with van der Waals surface area (Å²) in [6, 6.07) is 9.80. The SMILES string of the molecule is CCNC(=NCc1c(C)nn(CCOC)c1C)NCCOc1ccccc1.I. The number of aryl methyl sites for hydroxylation is 1. The Morgan fingerprint density at radius 3 is 2.57 bits per heavy atom. The quantitative estimate of drug-likeness (QED) is 0.227. The number of rotatable bonds is 10. The molecule has 0 atom stereocenters. The van der Waals surface area contributed by atoms with Gasteiger partial charge in [0.25, 0.3) is 0 Å². The van der Waals surface area contributed by atoms with Crippen molar-refractivity contribution >= 4 is 29.9 Å². The summed E-state index contributed by atoms with van der Waals surface area (Å²) in [5, 5.41) is 11.2. The summed E-state index contributed by atoms with van der Waals surface area (Å²) in [4.78, 5) is 4.70. The fourth-order valence-electron chi connectivity index (χ4n) is 2.71. The van der Waals surface area contributed by atoms with Crippen molar-refractivity contribution in [2.75, 3.05) is 33.4 Å². The van der Waals surface area contributed by atoms with Gasteiger partial charge < -0.3 is 20.1 Å². The van der Waals surface area contributed by atoms with Crippen molar-refractivity contribution in [2.45, 2.75) is 33.9 Å². The molecule has 1 aromatic carbocycles. The van der Waals surface area contributed by atoms with Gasteiger partial charge >= 0.3 is 0 Å². The Labute approximate surface area is 184 Å². The van der Waals surface area contributed by atoms with Gasteiger partial charge in [-0.05, 0) is 32.9 Å². The second-order valence-electron chi connectivity index (χ2n) is 6.15. The summed E-state index contributed by atoms with van der Waals surface area (Å²) in [5.41, 5.74) is 3.30. The van der Waals surface area contributed by atoms with Crippen molar-refractivity contribution in [3.8, 4) is 5.75 Å². The third kappa shape index (κ3) is 7.67. The minimum absolute atomic E-state index is 0. The lowest BCUT2D eigenvalue weighted by Crippen LogP contribution is -2.39. The Morgan fingerprint density at radius 1 is 1.14 bits per heavy atom. The first-order valence-corrected chi connectivity index (χ1v) is 9.37. The Hall–Kier alpha value is -1.81. The molecular formula is C20H32IN5O2. The number of halogens is 1. The minimum Gasteiger partial charge on any atom is -0.492 e. The number of nitrogens with one attached hydrogen (secondary N) is 2. The molecule has 28 heavy (non-hydrogen) atoms. The van der Waals surface area contributed by atoms with Crippen LogP contribution in [0.25, 0.3) is 0 Å². The lowest BCUT2D eigenvalue weighted by Gasteiger charge is -2.12. The number of hydrogen-bond acceptors (Lipinski definition) is 4.